The number of fused-ring (bicyclic) bond motifs is 1. The minimum atomic E-state index is -0.345. The van der Waals surface area contributed by atoms with Crippen LogP contribution < -0.4 is 9.64 Å². The smallest absolute Gasteiger partial charge is 0.231 e. The fourth-order valence-corrected chi connectivity index (χ4v) is 3.41. The van der Waals surface area contributed by atoms with Gasteiger partial charge < -0.3 is 9.64 Å². The first kappa shape index (κ1) is 15.1. The number of amides is 1. The molecule has 0 aromatic heterocycles. The predicted octanol–water partition coefficient (Wildman–Crippen LogP) is 3.79. The van der Waals surface area contributed by atoms with E-state index in [9.17, 15) is 9.18 Å². The minimum absolute atomic E-state index is 0.0154. The highest BCUT2D eigenvalue weighted by Gasteiger charge is 2.61. The molecule has 1 amide bonds. The van der Waals surface area contributed by atoms with Gasteiger partial charge >= 0.3 is 0 Å². The standard InChI is InChI=1S/C18H22FNO2/c1-11(2)9-13-16(18(13,3)4)17(21)20-7-8-22-15-10-12(19)5-6-14(15)20/h5-6,9-10,13,16H,7-8H2,1-4H3. The highest BCUT2D eigenvalue weighted by Crippen LogP contribution is 2.60. The summed E-state index contributed by atoms with van der Waals surface area (Å²) in [5.41, 5.74) is 1.89. The van der Waals surface area contributed by atoms with Gasteiger partial charge in [0.1, 0.15) is 18.2 Å². The number of allylic oxidation sites excluding steroid dienone is 2. The molecule has 1 heterocycles. The summed E-state index contributed by atoms with van der Waals surface area (Å²) in [6.45, 7) is 9.30. The zero-order valence-electron chi connectivity index (χ0n) is 13.5. The van der Waals surface area contributed by atoms with E-state index in [0.717, 1.165) is 0 Å². The van der Waals surface area contributed by atoms with Crippen LogP contribution in [0.4, 0.5) is 10.1 Å². The maximum Gasteiger partial charge on any atom is 0.231 e. The van der Waals surface area contributed by atoms with Crippen LogP contribution in [0.1, 0.15) is 27.7 Å². The van der Waals surface area contributed by atoms with Gasteiger partial charge in [-0.05, 0) is 37.3 Å². The van der Waals surface area contributed by atoms with Crippen molar-refractivity contribution in [3.8, 4) is 5.75 Å². The van der Waals surface area contributed by atoms with Crippen LogP contribution in [0.25, 0.3) is 0 Å². The van der Waals surface area contributed by atoms with Gasteiger partial charge in [-0.1, -0.05) is 25.5 Å². The molecule has 0 radical (unpaired) electrons. The second kappa shape index (κ2) is 5.11. The number of nitrogens with zero attached hydrogens (tertiary/aromatic N) is 1. The maximum atomic E-state index is 13.3. The molecule has 1 fully saturated rings. The van der Waals surface area contributed by atoms with Crippen molar-refractivity contribution in [2.24, 2.45) is 17.3 Å². The molecule has 1 aromatic rings. The Morgan fingerprint density at radius 1 is 1.41 bits per heavy atom. The summed E-state index contributed by atoms with van der Waals surface area (Å²) in [6.07, 6.45) is 2.19. The molecule has 3 nitrogen and oxygen atoms in total. The molecule has 1 aromatic carbocycles. The largest absolute Gasteiger partial charge is 0.489 e. The molecule has 0 N–H and O–H groups in total. The molecule has 0 saturated heterocycles. The van der Waals surface area contributed by atoms with Crippen molar-refractivity contribution in [2.45, 2.75) is 27.7 Å². The van der Waals surface area contributed by atoms with E-state index in [4.69, 9.17) is 4.74 Å². The first-order valence-electron chi connectivity index (χ1n) is 7.71. The minimum Gasteiger partial charge on any atom is -0.489 e. The van der Waals surface area contributed by atoms with Gasteiger partial charge in [-0.3, -0.25) is 4.79 Å². The Hall–Kier alpha value is -1.84. The molecule has 2 atom stereocenters. The van der Waals surface area contributed by atoms with Crippen LogP contribution in [-0.2, 0) is 4.79 Å². The van der Waals surface area contributed by atoms with Crippen molar-refractivity contribution >= 4 is 11.6 Å². The van der Waals surface area contributed by atoms with Gasteiger partial charge in [-0.2, -0.15) is 0 Å². The monoisotopic (exact) mass is 303 g/mol. The number of carbonyl (C=O) groups excluding carboxylic acids is 1. The zero-order valence-corrected chi connectivity index (χ0v) is 13.5. The summed E-state index contributed by atoms with van der Waals surface area (Å²) >= 11 is 0. The third-order valence-electron chi connectivity index (χ3n) is 4.74. The lowest BCUT2D eigenvalue weighted by Crippen LogP contribution is -2.39. The van der Waals surface area contributed by atoms with Gasteiger partial charge in [-0.15, -0.1) is 0 Å². The van der Waals surface area contributed by atoms with Crippen molar-refractivity contribution in [1.82, 2.24) is 0 Å². The summed E-state index contributed by atoms with van der Waals surface area (Å²) in [4.78, 5) is 14.7. The van der Waals surface area contributed by atoms with Crippen molar-refractivity contribution in [1.29, 1.82) is 0 Å². The van der Waals surface area contributed by atoms with E-state index < -0.39 is 0 Å². The summed E-state index contributed by atoms with van der Waals surface area (Å²) in [7, 11) is 0. The molecule has 0 spiro atoms. The summed E-state index contributed by atoms with van der Waals surface area (Å²) in [5.74, 6) is 0.484. The normalized spacial score (nSPS) is 25.0. The van der Waals surface area contributed by atoms with Gasteiger partial charge in [0.15, 0.2) is 0 Å². The lowest BCUT2D eigenvalue weighted by atomic mass is 10.1. The summed E-state index contributed by atoms with van der Waals surface area (Å²) in [5, 5.41) is 0. The average molecular weight is 303 g/mol. The topological polar surface area (TPSA) is 29.5 Å². The van der Waals surface area contributed by atoms with Crippen LogP contribution in [0.5, 0.6) is 5.75 Å². The van der Waals surface area contributed by atoms with Gasteiger partial charge in [0.25, 0.3) is 0 Å². The Balaban J connectivity index is 1.88. The number of carbonyl (C=O) groups is 1. The van der Waals surface area contributed by atoms with E-state index in [1.807, 2.05) is 0 Å². The SMILES string of the molecule is CC(C)=CC1C(C(=O)N2CCOc3cc(F)ccc32)C1(C)C. The van der Waals surface area contributed by atoms with Gasteiger partial charge in [0.2, 0.25) is 5.91 Å². The van der Waals surface area contributed by atoms with Crippen molar-refractivity contribution in [3.05, 3.63) is 35.7 Å². The lowest BCUT2D eigenvalue weighted by molar-refractivity contribution is -0.120. The molecule has 2 unspecified atom stereocenters. The molecule has 1 aliphatic heterocycles. The Bertz CT molecular complexity index is 646. The third kappa shape index (κ3) is 2.40. The molecule has 3 rings (SSSR count). The predicted molar refractivity (Wildman–Crippen MR) is 84.4 cm³/mol. The van der Waals surface area contributed by atoms with E-state index in [-0.39, 0.29) is 29.0 Å². The molecule has 2 aliphatic rings. The van der Waals surface area contributed by atoms with E-state index in [2.05, 4.69) is 33.8 Å². The number of benzene rings is 1. The van der Waals surface area contributed by atoms with Crippen LogP contribution in [0.2, 0.25) is 0 Å². The van der Waals surface area contributed by atoms with Crippen LogP contribution in [0, 0.1) is 23.1 Å². The van der Waals surface area contributed by atoms with Gasteiger partial charge in [0, 0.05) is 6.07 Å². The molecular formula is C18H22FNO2. The number of halogens is 1. The fourth-order valence-electron chi connectivity index (χ4n) is 3.41. The second-order valence-electron chi connectivity index (χ2n) is 7.02. The molecular weight excluding hydrogens is 281 g/mol. The zero-order chi connectivity index (χ0) is 16.1. The molecule has 4 heteroatoms. The van der Waals surface area contributed by atoms with E-state index in [0.29, 0.717) is 24.6 Å². The Labute approximate surface area is 130 Å². The van der Waals surface area contributed by atoms with Crippen LogP contribution >= 0.6 is 0 Å². The second-order valence-corrected chi connectivity index (χ2v) is 7.02. The average Bonchev–Trinajstić information content (AvgIpc) is 2.97. The van der Waals surface area contributed by atoms with Crippen molar-refractivity contribution < 1.29 is 13.9 Å². The number of hydrogen-bond donors (Lipinski definition) is 0. The van der Waals surface area contributed by atoms with Crippen LogP contribution in [0.3, 0.4) is 0 Å². The number of rotatable bonds is 2. The maximum absolute atomic E-state index is 13.3. The van der Waals surface area contributed by atoms with E-state index in [1.165, 1.54) is 17.7 Å². The van der Waals surface area contributed by atoms with Crippen molar-refractivity contribution in [3.63, 3.8) is 0 Å². The quantitative estimate of drug-likeness (QED) is 0.778. The Morgan fingerprint density at radius 3 is 2.82 bits per heavy atom. The first-order valence-corrected chi connectivity index (χ1v) is 7.71. The number of ether oxygens (including phenoxy) is 1. The summed E-state index contributed by atoms with van der Waals surface area (Å²) < 4.78 is 18.8. The molecule has 118 valence electrons. The van der Waals surface area contributed by atoms with E-state index >= 15 is 0 Å². The number of hydrogen-bond acceptors (Lipinski definition) is 2. The molecule has 1 saturated carbocycles. The van der Waals surface area contributed by atoms with Crippen LogP contribution in [-0.4, -0.2) is 19.1 Å². The van der Waals surface area contributed by atoms with Crippen LogP contribution in [0.15, 0.2) is 29.8 Å². The highest BCUT2D eigenvalue weighted by molar-refractivity contribution is 5.99. The Kier molecular flexibility index (Phi) is 3.50. The third-order valence-corrected chi connectivity index (χ3v) is 4.74. The first-order chi connectivity index (χ1) is 10.3. The van der Waals surface area contributed by atoms with Crippen molar-refractivity contribution in [2.75, 3.05) is 18.1 Å². The molecule has 1 aliphatic carbocycles. The molecule has 0 bridgehead atoms. The highest BCUT2D eigenvalue weighted by atomic mass is 19.1. The Morgan fingerprint density at radius 2 is 2.14 bits per heavy atom. The van der Waals surface area contributed by atoms with Gasteiger partial charge in [-0.25, -0.2) is 4.39 Å². The summed E-state index contributed by atoms with van der Waals surface area (Å²) in [6, 6.07) is 4.35. The van der Waals surface area contributed by atoms with E-state index in [1.54, 1.807) is 11.0 Å². The fraction of sp³-hybridized carbons (Fsp3) is 0.500. The van der Waals surface area contributed by atoms with Gasteiger partial charge in [0.05, 0.1) is 18.2 Å². The lowest BCUT2D eigenvalue weighted by Gasteiger charge is -2.30. The molecule has 22 heavy (non-hydrogen) atoms. The number of anilines is 1.